The van der Waals surface area contributed by atoms with Crippen LogP contribution in [0.15, 0.2) is 60.7 Å². The molecule has 3 aliphatic rings. The molecule has 0 saturated heterocycles. The highest BCUT2D eigenvalue weighted by Gasteiger charge is 2.55. The second kappa shape index (κ2) is 17.6. The van der Waals surface area contributed by atoms with Crippen LogP contribution in [-0.2, 0) is 36.8 Å². The minimum atomic E-state index is -0.894. The monoisotopic (exact) mass is 728 g/mol. The third kappa shape index (κ3) is 9.20. The first-order chi connectivity index (χ1) is 25.6. The zero-order chi connectivity index (χ0) is 37.4. The molecule has 284 valence electrons. The number of carbonyl (C=O) groups is 3. The SMILES string of the molecule is CC12CCC3c4ccc(O)cc4CCC3C1CC[C@H]2OCCC(=O)CCCOCCOCC(=O)Nc1ccc(OCc2ccccc2)c(C(N)=O)c1O. The molecule has 3 aliphatic carbocycles. The molecule has 6 rings (SSSR count). The standard InChI is InChI=1S/C42H52N2O9/c1-42-19-17-32-31-12-10-30(46)24-28(31)9-11-33(32)34(42)13-16-37(42)52-21-18-29(45)8-5-20-50-22-23-51-26-38(47)44-35-14-15-36(39(40(35)48)41(43)49)53-25-27-6-3-2-4-7-27/h2-4,6-7,10,12,14-15,24,32-34,37,46,48H,5,8-9,11,13,16-23,25-26H2,1H3,(H2,43,49)(H,44,47)/t32?,33?,34?,37-,42?/m1/s1. The molecule has 3 aromatic rings. The van der Waals surface area contributed by atoms with Crippen LogP contribution >= 0.6 is 0 Å². The number of aryl methyl sites for hydroxylation is 1. The third-order valence-electron chi connectivity index (χ3n) is 11.6. The Morgan fingerprint density at radius 3 is 2.53 bits per heavy atom. The molecule has 5 N–H and O–H groups in total. The molecule has 0 spiro atoms. The Hall–Kier alpha value is -4.45. The summed E-state index contributed by atoms with van der Waals surface area (Å²) in [7, 11) is 0. The summed E-state index contributed by atoms with van der Waals surface area (Å²) in [5.41, 5.74) is 9.03. The van der Waals surface area contributed by atoms with Crippen LogP contribution in [0.25, 0.3) is 0 Å². The molecule has 0 aromatic heterocycles. The van der Waals surface area contributed by atoms with E-state index in [-0.39, 0.29) is 60.7 Å². The van der Waals surface area contributed by atoms with E-state index in [4.69, 9.17) is 24.7 Å². The molecule has 4 unspecified atom stereocenters. The van der Waals surface area contributed by atoms with Crippen LogP contribution < -0.4 is 15.8 Å². The maximum Gasteiger partial charge on any atom is 0.256 e. The maximum atomic E-state index is 12.6. The number of phenols is 2. The molecule has 11 heteroatoms. The molecule has 3 aromatic carbocycles. The lowest BCUT2D eigenvalue weighted by atomic mass is 9.55. The predicted molar refractivity (Wildman–Crippen MR) is 199 cm³/mol. The van der Waals surface area contributed by atoms with Crippen LogP contribution in [0.1, 0.15) is 91.3 Å². The van der Waals surface area contributed by atoms with Crippen LogP contribution in [0.5, 0.6) is 17.2 Å². The van der Waals surface area contributed by atoms with E-state index < -0.39 is 17.6 Å². The van der Waals surface area contributed by atoms with Gasteiger partial charge in [0.25, 0.3) is 5.91 Å². The maximum absolute atomic E-state index is 12.6. The molecule has 53 heavy (non-hydrogen) atoms. The fraction of sp³-hybridized carbons (Fsp3) is 0.500. The van der Waals surface area contributed by atoms with Gasteiger partial charge in [-0.3, -0.25) is 14.4 Å². The Balaban J connectivity index is 0.825. The summed E-state index contributed by atoms with van der Waals surface area (Å²) >= 11 is 0. The van der Waals surface area contributed by atoms with Crippen molar-refractivity contribution >= 4 is 23.3 Å². The van der Waals surface area contributed by atoms with Crippen LogP contribution in [0.2, 0.25) is 0 Å². The van der Waals surface area contributed by atoms with E-state index in [1.165, 1.54) is 36.1 Å². The number of aromatic hydroxyl groups is 2. The van der Waals surface area contributed by atoms with Gasteiger partial charge in [0.15, 0.2) is 5.75 Å². The van der Waals surface area contributed by atoms with Gasteiger partial charge in [0.2, 0.25) is 5.91 Å². The van der Waals surface area contributed by atoms with Crippen molar-refractivity contribution in [2.24, 2.45) is 23.0 Å². The van der Waals surface area contributed by atoms with Gasteiger partial charge in [-0.25, -0.2) is 0 Å². The first-order valence-corrected chi connectivity index (χ1v) is 18.9. The second-order valence-electron chi connectivity index (χ2n) is 14.9. The number of fused-ring (bicyclic) bond motifs is 5. The Morgan fingerprint density at radius 2 is 1.72 bits per heavy atom. The van der Waals surface area contributed by atoms with Crippen molar-refractivity contribution in [1.29, 1.82) is 0 Å². The predicted octanol–water partition coefficient (Wildman–Crippen LogP) is 6.43. The zero-order valence-corrected chi connectivity index (χ0v) is 30.5. The van der Waals surface area contributed by atoms with Crippen molar-refractivity contribution in [3.8, 4) is 17.2 Å². The van der Waals surface area contributed by atoms with E-state index in [9.17, 15) is 24.6 Å². The lowest BCUT2D eigenvalue weighted by molar-refractivity contribution is -0.123. The summed E-state index contributed by atoms with van der Waals surface area (Å²) in [6.45, 7) is 3.55. The summed E-state index contributed by atoms with van der Waals surface area (Å²) in [5, 5.41) is 23.1. The van der Waals surface area contributed by atoms with Gasteiger partial charge in [0.1, 0.15) is 36.1 Å². The first kappa shape index (κ1) is 38.3. The molecule has 0 radical (unpaired) electrons. The molecule has 5 atom stereocenters. The lowest BCUT2D eigenvalue weighted by Gasteiger charge is -2.50. The van der Waals surface area contributed by atoms with Gasteiger partial charge >= 0.3 is 0 Å². The van der Waals surface area contributed by atoms with Crippen molar-refractivity contribution < 1.29 is 43.5 Å². The largest absolute Gasteiger partial charge is 0.508 e. The van der Waals surface area contributed by atoms with Crippen LogP contribution in [0.3, 0.4) is 0 Å². The zero-order valence-electron chi connectivity index (χ0n) is 30.5. The van der Waals surface area contributed by atoms with E-state index in [2.05, 4.69) is 18.3 Å². The van der Waals surface area contributed by atoms with Crippen molar-refractivity contribution in [3.63, 3.8) is 0 Å². The normalized spacial score (nSPS) is 23.0. The van der Waals surface area contributed by atoms with Gasteiger partial charge in [0.05, 0.1) is 31.6 Å². The third-order valence-corrected chi connectivity index (χ3v) is 11.6. The summed E-state index contributed by atoms with van der Waals surface area (Å²) in [6.07, 6.45) is 8.31. The van der Waals surface area contributed by atoms with Crippen molar-refractivity contribution in [2.75, 3.05) is 38.4 Å². The Morgan fingerprint density at radius 1 is 0.906 bits per heavy atom. The van der Waals surface area contributed by atoms with Gasteiger partial charge in [-0.15, -0.1) is 0 Å². The van der Waals surface area contributed by atoms with E-state index in [1.807, 2.05) is 42.5 Å². The lowest BCUT2D eigenvalue weighted by Crippen LogP contribution is -2.44. The molecule has 0 heterocycles. The number of hydrogen-bond donors (Lipinski definition) is 4. The fourth-order valence-corrected chi connectivity index (χ4v) is 8.94. The molecule has 0 bridgehead atoms. The summed E-state index contributed by atoms with van der Waals surface area (Å²) in [6, 6.07) is 18.1. The Bertz CT molecular complexity index is 1750. The molecule has 11 nitrogen and oxygen atoms in total. The minimum Gasteiger partial charge on any atom is -0.508 e. The van der Waals surface area contributed by atoms with Gasteiger partial charge < -0.3 is 40.2 Å². The first-order valence-electron chi connectivity index (χ1n) is 18.9. The number of amides is 2. The number of carbonyl (C=O) groups excluding carboxylic acids is 3. The number of Topliss-reactive ketones (excluding diaryl/α,β-unsaturated/α-hetero) is 1. The van der Waals surface area contributed by atoms with E-state index >= 15 is 0 Å². The number of ether oxygens (including phenoxy) is 4. The highest BCUT2D eigenvalue weighted by molar-refractivity contribution is 6.02. The van der Waals surface area contributed by atoms with Gasteiger partial charge in [-0.1, -0.05) is 43.3 Å². The molecule has 2 fully saturated rings. The molecule has 2 saturated carbocycles. The van der Waals surface area contributed by atoms with E-state index in [1.54, 1.807) is 0 Å². The average molecular weight is 729 g/mol. The molecular weight excluding hydrogens is 676 g/mol. The number of nitrogens with one attached hydrogen (secondary N) is 1. The van der Waals surface area contributed by atoms with Crippen LogP contribution in [0, 0.1) is 17.3 Å². The number of hydrogen-bond acceptors (Lipinski definition) is 9. The fourth-order valence-electron chi connectivity index (χ4n) is 8.94. The van der Waals surface area contributed by atoms with Crippen molar-refractivity contribution in [3.05, 3.63) is 82.9 Å². The quantitative estimate of drug-likeness (QED) is 0.0853. The Labute approximate surface area is 311 Å². The van der Waals surface area contributed by atoms with Gasteiger partial charge in [-0.2, -0.15) is 0 Å². The molecular formula is C42H52N2O9. The summed E-state index contributed by atoms with van der Waals surface area (Å²) in [4.78, 5) is 37.1. The number of ketones is 1. The van der Waals surface area contributed by atoms with Crippen LogP contribution in [-0.4, -0.2) is 66.9 Å². The molecule has 0 aliphatic heterocycles. The average Bonchev–Trinajstić information content (AvgIpc) is 3.48. The number of anilines is 1. The number of benzene rings is 3. The minimum absolute atomic E-state index is 0.00798. The summed E-state index contributed by atoms with van der Waals surface area (Å²) < 4.78 is 23.1. The van der Waals surface area contributed by atoms with Gasteiger partial charge in [0, 0.05) is 19.4 Å². The van der Waals surface area contributed by atoms with Crippen molar-refractivity contribution in [2.45, 2.75) is 83.3 Å². The second-order valence-corrected chi connectivity index (χ2v) is 14.9. The number of phenolic OH excluding ortho intramolecular Hbond substituents is 1. The van der Waals surface area contributed by atoms with Crippen molar-refractivity contribution in [1.82, 2.24) is 0 Å². The topological polar surface area (TPSA) is 167 Å². The highest BCUT2D eigenvalue weighted by Crippen LogP contribution is 2.61. The molecule has 2 amide bonds. The number of rotatable bonds is 18. The van der Waals surface area contributed by atoms with E-state index in [0.29, 0.717) is 56.0 Å². The highest BCUT2D eigenvalue weighted by atomic mass is 16.5. The Kier molecular flexibility index (Phi) is 12.7. The smallest absolute Gasteiger partial charge is 0.256 e. The van der Waals surface area contributed by atoms with E-state index in [0.717, 1.165) is 31.2 Å². The van der Waals surface area contributed by atoms with Crippen LogP contribution in [0.4, 0.5) is 5.69 Å². The number of nitrogens with two attached hydrogens (primary N) is 1. The van der Waals surface area contributed by atoms with Gasteiger partial charge in [-0.05, 0) is 109 Å². The number of primary amides is 1. The summed E-state index contributed by atoms with van der Waals surface area (Å²) in [5.74, 6) is 0.578.